The van der Waals surface area contributed by atoms with E-state index in [1.807, 2.05) is 26.8 Å². The van der Waals surface area contributed by atoms with E-state index in [9.17, 15) is 4.79 Å². The Balaban J connectivity index is 1.78. The maximum absolute atomic E-state index is 11.8. The van der Waals surface area contributed by atoms with Crippen molar-refractivity contribution in [2.75, 3.05) is 6.54 Å². The van der Waals surface area contributed by atoms with Gasteiger partial charge in [-0.25, -0.2) is 4.79 Å². The zero-order chi connectivity index (χ0) is 16.9. The molecule has 2 rings (SSSR count). The van der Waals surface area contributed by atoms with Gasteiger partial charge in [0.2, 0.25) is 0 Å². The molecule has 128 valence electrons. The van der Waals surface area contributed by atoms with E-state index in [4.69, 9.17) is 4.74 Å². The molecule has 0 heterocycles. The van der Waals surface area contributed by atoms with Gasteiger partial charge >= 0.3 is 6.09 Å². The van der Waals surface area contributed by atoms with Crippen molar-refractivity contribution >= 4 is 6.09 Å². The van der Waals surface area contributed by atoms with Crippen molar-refractivity contribution in [3.63, 3.8) is 0 Å². The Kier molecular flexibility index (Phi) is 6.05. The number of carbonyl (C=O) groups excluding carboxylic acids is 1. The van der Waals surface area contributed by atoms with Gasteiger partial charge in [0.25, 0.3) is 0 Å². The summed E-state index contributed by atoms with van der Waals surface area (Å²) in [5, 5.41) is 6.58. The molecule has 0 aliphatic heterocycles. The van der Waals surface area contributed by atoms with E-state index in [0.29, 0.717) is 24.5 Å². The second-order valence-corrected chi connectivity index (χ2v) is 7.58. The van der Waals surface area contributed by atoms with E-state index in [1.165, 1.54) is 18.4 Å². The number of benzene rings is 1. The third-order valence-corrected chi connectivity index (χ3v) is 3.94. The molecule has 23 heavy (non-hydrogen) atoms. The van der Waals surface area contributed by atoms with Crippen molar-refractivity contribution in [3.8, 4) is 0 Å². The average Bonchev–Trinajstić information content (AvgIpc) is 3.27. The SMILES string of the molecule is CC(Cc1ccccc1)NC(CNC(=O)OC(C)(C)C)C1CC1. The van der Waals surface area contributed by atoms with Crippen LogP contribution >= 0.6 is 0 Å². The van der Waals surface area contributed by atoms with Crippen LogP contribution in [0.25, 0.3) is 0 Å². The first-order valence-corrected chi connectivity index (χ1v) is 8.60. The fourth-order valence-corrected chi connectivity index (χ4v) is 2.76. The van der Waals surface area contributed by atoms with E-state index >= 15 is 0 Å². The maximum atomic E-state index is 11.8. The number of alkyl carbamates (subject to hydrolysis) is 1. The summed E-state index contributed by atoms with van der Waals surface area (Å²) in [4.78, 5) is 11.8. The molecule has 0 aromatic heterocycles. The van der Waals surface area contributed by atoms with E-state index < -0.39 is 5.60 Å². The van der Waals surface area contributed by atoms with Crippen LogP contribution in [0.2, 0.25) is 0 Å². The van der Waals surface area contributed by atoms with Crippen LogP contribution in [0.15, 0.2) is 30.3 Å². The van der Waals surface area contributed by atoms with Crippen LogP contribution in [0.1, 0.15) is 46.1 Å². The fourth-order valence-electron chi connectivity index (χ4n) is 2.76. The number of amides is 1. The number of ether oxygens (including phenoxy) is 1. The van der Waals surface area contributed by atoms with Gasteiger partial charge in [0.15, 0.2) is 0 Å². The smallest absolute Gasteiger partial charge is 0.407 e. The molecular formula is C19H30N2O2. The molecular weight excluding hydrogens is 288 g/mol. The van der Waals surface area contributed by atoms with E-state index in [0.717, 1.165) is 6.42 Å². The third kappa shape index (κ3) is 7.04. The molecule has 2 N–H and O–H groups in total. The molecule has 0 saturated heterocycles. The lowest BCUT2D eigenvalue weighted by Gasteiger charge is -2.25. The van der Waals surface area contributed by atoms with Crippen molar-refractivity contribution in [3.05, 3.63) is 35.9 Å². The summed E-state index contributed by atoms with van der Waals surface area (Å²) in [6, 6.07) is 11.2. The van der Waals surface area contributed by atoms with E-state index in [-0.39, 0.29) is 6.09 Å². The molecule has 4 heteroatoms. The fraction of sp³-hybridized carbons (Fsp3) is 0.632. The zero-order valence-corrected chi connectivity index (χ0v) is 14.8. The number of carbonyl (C=O) groups is 1. The highest BCUT2D eigenvalue weighted by Gasteiger charge is 2.32. The molecule has 1 aliphatic rings. The quantitative estimate of drug-likeness (QED) is 0.809. The Morgan fingerprint density at radius 3 is 2.48 bits per heavy atom. The van der Waals surface area contributed by atoms with Gasteiger partial charge in [-0.1, -0.05) is 30.3 Å². The second-order valence-electron chi connectivity index (χ2n) is 7.58. The Morgan fingerprint density at radius 1 is 1.26 bits per heavy atom. The number of rotatable bonds is 7. The molecule has 1 fully saturated rings. The number of hydrogen-bond acceptors (Lipinski definition) is 3. The Morgan fingerprint density at radius 2 is 1.91 bits per heavy atom. The van der Waals surface area contributed by atoms with Gasteiger partial charge in [0, 0.05) is 18.6 Å². The monoisotopic (exact) mass is 318 g/mol. The molecule has 0 spiro atoms. The zero-order valence-electron chi connectivity index (χ0n) is 14.8. The van der Waals surface area contributed by atoms with Crippen molar-refractivity contribution in [1.29, 1.82) is 0 Å². The first kappa shape index (κ1) is 17.8. The van der Waals surface area contributed by atoms with E-state index in [2.05, 4.69) is 41.8 Å². The predicted molar refractivity (Wildman–Crippen MR) is 93.5 cm³/mol. The summed E-state index contributed by atoms with van der Waals surface area (Å²) in [5.41, 5.74) is 0.884. The molecule has 2 atom stereocenters. The Hall–Kier alpha value is -1.55. The summed E-state index contributed by atoms with van der Waals surface area (Å²) >= 11 is 0. The van der Waals surface area contributed by atoms with Crippen LogP contribution in [0.3, 0.4) is 0 Å². The van der Waals surface area contributed by atoms with Crippen molar-refractivity contribution in [2.45, 2.75) is 64.6 Å². The van der Waals surface area contributed by atoms with Gasteiger partial charge in [0.05, 0.1) is 0 Å². The van der Waals surface area contributed by atoms with E-state index in [1.54, 1.807) is 0 Å². The first-order valence-electron chi connectivity index (χ1n) is 8.60. The minimum Gasteiger partial charge on any atom is -0.444 e. The summed E-state index contributed by atoms with van der Waals surface area (Å²) < 4.78 is 5.31. The average molecular weight is 318 g/mol. The summed E-state index contributed by atoms with van der Waals surface area (Å²) in [6.07, 6.45) is 3.15. The third-order valence-electron chi connectivity index (χ3n) is 3.94. The van der Waals surface area contributed by atoms with Gasteiger partial charge in [-0.3, -0.25) is 0 Å². The van der Waals surface area contributed by atoms with Gasteiger partial charge in [-0.05, 0) is 58.4 Å². The maximum Gasteiger partial charge on any atom is 0.407 e. The van der Waals surface area contributed by atoms with Gasteiger partial charge in [-0.2, -0.15) is 0 Å². The minimum absolute atomic E-state index is 0.321. The van der Waals surface area contributed by atoms with Gasteiger partial charge < -0.3 is 15.4 Å². The topological polar surface area (TPSA) is 50.4 Å². The van der Waals surface area contributed by atoms with Gasteiger partial charge in [0.1, 0.15) is 5.60 Å². The number of hydrogen-bond donors (Lipinski definition) is 2. The highest BCUT2D eigenvalue weighted by molar-refractivity contribution is 5.67. The molecule has 2 unspecified atom stereocenters. The lowest BCUT2D eigenvalue weighted by molar-refractivity contribution is 0.0520. The molecule has 1 saturated carbocycles. The van der Waals surface area contributed by atoms with Gasteiger partial charge in [-0.15, -0.1) is 0 Å². The second kappa shape index (κ2) is 7.82. The molecule has 4 nitrogen and oxygen atoms in total. The van der Waals surface area contributed by atoms with Crippen molar-refractivity contribution < 1.29 is 9.53 Å². The van der Waals surface area contributed by atoms with Crippen LogP contribution < -0.4 is 10.6 Å². The highest BCUT2D eigenvalue weighted by atomic mass is 16.6. The summed E-state index contributed by atoms with van der Waals surface area (Å²) in [7, 11) is 0. The predicted octanol–water partition coefficient (Wildman–Crippen LogP) is 3.51. The lowest BCUT2D eigenvalue weighted by atomic mass is 10.1. The molecule has 1 aromatic rings. The largest absolute Gasteiger partial charge is 0.444 e. The highest BCUT2D eigenvalue weighted by Crippen LogP contribution is 2.32. The van der Waals surface area contributed by atoms with Crippen LogP contribution in [0.4, 0.5) is 4.79 Å². The van der Waals surface area contributed by atoms with Crippen LogP contribution in [-0.2, 0) is 11.2 Å². The Labute approximate surface area is 140 Å². The van der Waals surface area contributed by atoms with Crippen LogP contribution in [0.5, 0.6) is 0 Å². The van der Waals surface area contributed by atoms with Crippen LogP contribution in [-0.4, -0.2) is 30.3 Å². The van der Waals surface area contributed by atoms with Crippen LogP contribution in [0, 0.1) is 5.92 Å². The Bertz CT molecular complexity index is 492. The van der Waals surface area contributed by atoms with Crippen molar-refractivity contribution in [1.82, 2.24) is 10.6 Å². The molecule has 1 amide bonds. The summed E-state index contributed by atoms with van der Waals surface area (Å²) in [6.45, 7) is 8.47. The standard InChI is InChI=1S/C19H30N2O2/c1-14(12-15-8-6-5-7-9-15)21-17(16-10-11-16)13-20-18(22)23-19(2,3)4/h5-9,14,16-17,21H,10-13H2,1-4H3,(H,20,22). The first-order chi connectivity index (χ1) is 10.8. The minimum atomic E-state index is -0.451. The number of nitrogens with one attached hydrogen (secondary N) is 2. The molecule has 0 bridgehead atoms. The van der Waals surface area contributed by atoms with Crippen molar-refractivity contribution in [2.24, 2.45) is 5.92 Å². The molecule has 1 aromatic carbocycles. The lowest BCUT2D eigenvalue weighted by Crippen LogP contribution is -2.47. The molecule has 0 radical (unpaired) electrons. The normalized spacial score (nSPS) is 17.4. The summed E-state index contributed by atoms with van der Waals surface area (Å²) in [5.74, 6) is 0.670. The molecule has 1 aliphatic carbocycles.